The van der Waals surface area contributed by atoms with Gasteiger partial charge in [-0.05, 0) is 95.6 Å². The van der Waals surface area contributed by atoms with E-state index in [4.69, 9.17) is 18.6 Å². The number of urea groups is 1. The van der Waals surface area contributed by atoms with Gasteiger partial charge in [0.15, 0.2) is 18.2 Å². The van der Waals surface area contributed by atoms with E-state index in [0.717, 1.165) is 60.9 Å². The number of fused-ring (bicyclic) bond motifs is 3. The van der Waals surface area contributed by atoms with Gasteiger partial charge in [0.2, 0.25) is 5.88 Å². The zero-order valence-electron chi connectivity index (χ0n) is 32.4. The third-order valence-electron chi connectivity index (χ3n) is 11.9. The summed E-state index contributed by atoms with van der Waals surface area (Å²) in [5.74, 6) is 0.314. The molecule has 2 amide bonds. The Morgan fingerprint density at radius 1 is 0.855 bits per heavy atom. The van der Waals surface area contributed by atoms with E-state index in [1.165, 1.54) is 22.3 Å². The first kappa shape index (κ1) is 37.2. The molecule has 0 saturated carbocycles. The number of hydrogen-bond donors (Lipinski definition) is 2. The van der Waals surface area contributed by atoms with Crippen LogP contribution in [0.25, 0.3) is 0 Å². The number of nitrogens with one attached hydrogen (secondary N) is 2. The molecule has 1 aliphatic heterocycles. The first-order valence-corrected chi connectivity index (χ1v) is 23.9. The first-order chi connectivity index (χ1) is 26.4. The number of amides is 2. The molecule has 2 heterocycles. The molecule has 4 aromatic carbocycles. The molecule has 286 valence electrons. The Morgan fingerprint density at radius 2 is 1.38 bits per heavy atom. The Labute approximate surface area is 326 Å². The smallest absolute Gasteiger partial charge is 0.331 e. The molecule has 0 spiro atoms. The van der Waals surface area contributed by atoms with Crippen LogP contribution in [0, 0.1) is 0 Å². The van der Waals surface area contributed by atoms with Crippen molar-refractivity contribution in [2.24, 2.45) is 4.36 Å². The first-order valence-electron chi connectivity index (χ1n) is 19.4. The van der Waals surface area contributed by atoms with E-state index in [9.17, 15) is 4.79 Å². The summed E-state index contributed by atoms with van der Waals surface area (Å²) in [6.07, 6.45) is 7.21. The number of rotatable bonds is 9. The summed E-state index contributed by atoms with van der Waals surface area (Å²) in [6, 6.07) is 31.3. The highest BCUT2D eigenvalue weighted by molar-refractivity contribution is 7.92. The third-order valence-corrected chi connectivity index (χ3v) is 18.3. The maximum Gasteiger partial charge on any atom is 0.331 e. The fourth-order valence-electron chi connectivity index (χ4n) is 8.15. The molecule has 0 radical (unpaired) electrons. The highest BCUT2D eigenvalue weighted by atomic mass is 32.2. The Morgan fingerprint density at radius 3 is 1.89 bits per heavy atom. The van der Waals surface area contributed by atoms with Gasteiger partial charge in [0.25, 0.3) is 0 Å². The minimum absolute atomic E-state index is 0.0155. The molecule has 1 aromatic heterocycles. The molecule has 5 aromatic rings. The predicted octanol–water partition coefficient (Wildman–Crippen LogP) is 9.20. The number of aryl methyl sites for hydroxylation is 2. The Kier molecular flexibility index (Phi) is 9.76. The molecule has 55 heavy (non-hydrogen) atoms. The number of carbonyl (C=O) groups excluding carboxylic acids is 1. The van der Waals surface area contributed by atoms with Gasteiger partial charge < -0.3 is 14.5 Å². The molecule has 2 aliphatic carbocycles. The van der Waals surface area contributed by atoms with Crippen LogP contribution in [0.15, 0.2) is 113 Å². The second-order valence-corrected chi connectivity index (χ2v) is 23.2. The van der Waals surface area contributed by atoms with Crippen molar-refractivity contribution in [1.29, 1.82) is 0 Å². The predicted molar refractivity (Wildman–Crippen MR) is 220 cm³/mol. The Hall–Kier alpha value is -4.71. The Bertz CT molecular complexity index is 2200. The molecule has 0 fully saturated rings. The number of anilines is 1. The third kappa shape index (κ3) is 6.91. The van der Waals surface area contributed by atoms with Crippen molar-refractivity contribution in [2.75, 3.05) is 11.9 Å². The summed E-state index contributed by atoms with van der Waals surface area (Å²) >= 11 is 0. The van der Waals surface area contributed by atoms with Crippen molar-refractivity contribution in [2.45, 2.75) is 101 Å². The molecule has 8 rings (SSSR count). The van der Waals surface area contributed by atoms with Crippen molar-refractivity contribution in [1.82, 2.24) is 14.5 Å². The summed E-state index contributed by atoms with van der Waals surface area (Å²) in [6.45, 7) is 11.8. The van der Waals surface area contributed by atoms with Crippen LogP contribution in [0.2, 0.25) is 18.1 Å². The number of nitrogens with zero attached hydrogens (tertiary/aromatic N) is 3. The van der Waals surface area contributed by atoms with Crippen LogP contribution >= 0.6 is 0 Å². The van der Waals surface area contributed by atoms with Crippen LogP contribution in [0.5, 0.6) is 5.88 Å². The van der Waals surface area contributed by atoms with E-state index in [0.29, 0.717) is 12.4 Å². The maximum atomic E-state index is 16.3. The van der Waals surface area contributed by atoms with Gasteiger partial charge in [-0.2, -0.15) is 9.46 Å². The van der Waals surface area contributed by atoms with Gasteiger partial charge >= 0.3 is 6.03 Å². The lowest BCUT2D eigenvalue weighted by atomic mass is 9.78. The molecule has 9 nitrogen and oxygen atoms in total. The number of ether oxygens (including phenoxy) is 1. The summed E-state index contributed by atoms with van der Waals surface area (Å²) in [4.78, 5) is 14.8. The fourth-order valence-corrected chi connectivity index (χ4v) is 11.3. The van der Waals surface area contributed by atoms with Gasteiger partial charge in [-0.25, -0.2) is 18.4 Å². The largest absolute Gasteiger partial charge is 0.474 e. The number of aromatic nitrogens is 2. The molecule has 0 saturated heterocycles. The fraction of sp³-hybridized carbons (Fsp3) is 0.364. The molecular weight excluding hydrogens is 723 g/mol. The van der Waals surface area contributed by atoms with Crippen LogP contribution < -0.4 is 14.8 Å². The van der Waals surface area contributed by atoms with Crippen LogP contribution in [-0.4, -0.2) is 41.0 Å². The van der Waals surface area contributed by atoms with Gasteiger partial charge in [0.05, 0.1) is 18.8 Å². The van der Waals surface area contributed by atoms with Crippen LogP contribution in [-0.2, 0) is 52.1 Å². The second kappa shape index (κ2) is 14.4. The number of hydrogen-bond acceptors (Lipinski definition) is 6. The molecular formula is C44H51N5O4SSi. The van der Waals surface area contributed by atoms with Gasteiger partial charge in [-0.1, -0.05) is 118 Å². The van der Waals surface area contributed by atoms with Crippen LogP contribution in [0.1, 0.15) is 72.6 Å². The lowest BCUT2D eigenvalue weighted by Gasteiger charge is -2.40. The van der Waals surface area contributed by atoms with Gasteiger partial charge in [-0.3, -0.25) is 0 Å². The van der Waals surface area contributed by atoms with Crippen molar-refractivity contribution >= 4 is 30.0 Å². The van der Waals surface area contributed by atoms with Gasteiger partial charge in [0.1, 0.15) is 17.0 Å². The minimum atomic E-state index is -3.87. The SMILES string of the molecule is CC(C)(C)[Si](C)(C)O[C@@H]1COc2c(S(=O)(=NC(c3ccccc3)(c3ccccc3)c3ccccc3)NC(=O)Nc3c4c(cc5c3CCC5)CCC4)cnn2C1. The highest BCUT2D eigenvalue weighted by Gasteiger charge is 2.43. The zero-order chi connectivity index (χ0) is 38.4. The normalized spacial score (nSPS) is 17.7. The Balaban J connectivity index is 1.29. The second-order valence-electron chi connectivity index (χ2n) is 16.5. The van der Waals surface area contributed by atoms with Crippen LogP contribution in [0.4, 0.5) is 10.5 Å². The summed E-state index contributed by atoms with van der Waals surface area (Å²) in [7, 11) is -5.99. The van der Waals surface area contributed by atoms with Crippen LogP contribution in [0.3, 0.4) is 0 Å². The average molecular weight is 774 g/mol. The van der Waals surface area contributed by atoms with Crippen molar-refractivity contribution in [3.05, 3.63) is 142 Å². The van der Waals surface area contributed by atoms with Crippen molar-refractivity contribution in [3.63, 3.8) is 0 Å². The van der Waals surface area contributed by atoms with E-state index in [-0.39, 0.29) is 22.6 Å². The summed E-state index contributed by atoms with van der Waals surface area (Å²) < 4.78 is 39.6. The maximum absolute atomic E-state index is 16.3. The van der Waals surface area contributed by atoms with E-state index in [2.05, 4.69) is 50.0 Å². The van der Waals surface area contributed by atoms with Gasteiger partial charge in [0, 0.05) is 5.69 Å². The molecule has 3 aliphatic rings. The molecule has 2 atom stereocenters. The zero-order valence-corrected chi connectivity index (χ0v) is 34.2. The lowest BCUT2D eigenvalue weighted by Crippen LogP contribution is -2.47. The van der Waals surface area contributed by atoms with Crippen molar-refractivity contribution in [3.8, 4) is 5.88 Å². The molecule has 0 bridgehead atoms. The summed E-state index contributed by atoms with van der Waals surface area (Å²) in [5, 5.41) is 7.95. The standard InChI is InChI=1S/C44H51N5O4SSi/c1-43(2,3)55(4,5)53-36-29-49-41(52-30-36)39(28-45-49)54(51,47-42(50)46-40-37-25-15-17-31(37)27-32-18-16-26-38(32)40)48-44(33-19-9-6-10-20-33,34-21-11-7-12-22-34)35-23-13-8-14-24-35/h6-14,19-24,27-28,36H,15-18,25-26,29-30H2,1-5H3,(H2,46,47,48,50,51)/t36-,54?/m0/s1. The number of carbonyl (C=O) groups is 1. The van der Waals surface area contributed by atoms with Gasteiger partial charge in [-0.15, -0.1) is 0 Å². The van der Waals surface area contributed by atoms with E-state index < -0.39 is 29.8 Å². The molecule has 1 unspecified atom stereocenters. The topological polar surface area (TPSA) is 107 Å². The highest BCUT2D eigenvalue weighted by Crippen LogP contribution is 2.44. The molecule has 2 N–H and O–H groups in total. The van der Waals surface area contributed by atoms with E-state index >= 15 is 4.21 Å². The van der Waals surface area contributed by atoms with E-state index in [1.54, 1.807) is 10.9 Å². The van der Waals surface area contributed by atoms with E-state index in [1.807, 2.05) is 91.0 Å². The number of benzene rings is 4. The quantitative estimate of drug-likeness (QED) is 0.115. The summed E-state index contributed by atoms with van der Waals surface area (Å²) in [5.41, 5.74) is 6.91. The van der Waals surface area contributed by atoms with Crippen molar-refractivity contribution < 1.29 is 18.2 Å². The monoisotopic (exact) mass is 773 g/mol. The minimum Gasteiger partial charge on any atom is -0.474 e. The molecule has 11 heteroatoms. The lowest BCUT2D eigenvalue weighted by molar-refractivity contribution is 0.0615. The average Bonchev–Trinajstić information content (AvgIpc) is 3.95.